The van der Waals surface area contributed by atoms with Gasteiger partial charge in [-0.25, -0.2) is 0 Å². The molecule has 1 saturated heterocycles. The molecule has 86 valence electrons. The number of rotatable bonds is 1. The summed E-state index contributed by atoms with van der Waals surface area (Å²) in [5.41, 5.74) is 4.10. The van der Waals surface area contributed by atoms with E-state index in [4.69, 9.17) is 5.26 Å². The summed E-state index contributed by atoms with van der Waals surface area (Å²) in [6.07, 6.45) is 0. The van der Waals surface area contributed by atoms with Gasteiger partial charge in [-0.15, -0.1) is 0 Å². The fraction of sp³-hybridized carbons (Fsp3) is 0.231. The number of benzene rings is 1. The third-order valence-corrected chi connectivity index (χ3v) is 3.01. The number of carbonyl (C=O) groups excluding carboxylic acids is 1. The summed E-state index contributed by atoms with van der Waals surface area (Å²) in [6.45, 7) is 7.57. The van der Waals surface area contributed by atoms with Gasteiger partial charge in [0, 0.05) is 5.70 Å². The van der Waals surface area contributed by atoms with E-state index < -0.39 is 5.41 Å². The Balaban J connectivity index is 2.40. The van der Waals surface area contributed by atoms with Crippen molar-refractivity contribution in [3.8, 4) is 6.07 Å². The number of amides is 1. The molecule has 1 amide bonds. The maximum atomic E-state index is 11.8. The molecule has 4 heteroatoms. The van der Waals surface area contributed by atoms with Gasteiger partial charge in [0.2, 0.25) is 5.91 Å². The molecule has 1 aliphatic rings. The van der Waals surface area contributed by atoms with Crippen molar-refractivity contribution in [2.75, 3.05) is 5.01 Å². The van der Waals surface area contributed by atoms with Gasteiger partial charge in [-0.1, -0.05) is 12.6 Å². The monoisotopic (exact) mass is 227 g/mol. The van der Waals surface area contributed by atoms with Gasteiger partial charge in [-0.05, 0) is 32.0 Å². The van der Waals surface area contributed by atoms with Crippen LogP contribution in [0.15, 0.2) is 36.5 Å². The number of carbonyl (C=O) groups is 1. The van der Waals surface area contributed by atoms with E-state index in [-0.39, 0.29) is 5.91 Å². The Hall–Kier alpha value is -2.28. The van der Waals surface area contributed by atoms with Crippen LogP contribution in [0.25, 0.3) is 0 Å². The van der Waals surface area contributed by atoms with Crippen LogP contribution >= 0.6 is 0 Å². The molecule has 0 spiro atoms. The molecule has 1 aliphatic heterocycles. The molecule has 0 atom stereocenters. The molecule has 1 N–H and O–H groups in total. The van der Waals surface area contributed by atoms with Gasteiger partial charge in [0.1, 0.15) is 0 Å². The van der Waals surface area contributed by atoms with Gasteiger partial charge in [0.25, 0.3) is 0 Å². The highest BCUT2D eigenvalue weighted by Gasteiger charge is 2.42. The Morgan fingerprint density at radius 3 is 2.71 bits per heavy atom. The van der Waals surface area contributed by atoms with Crippen molar-refractivity contribution in [1.29, 1.82) is 5.26 Å². The summed E-state index contributed by atoms with van der Waals surface area (Å²) in [6, 6.07) is 9.10. The summed E-state index contributed by atoms with van der Waals surface area (Å²) >= 11 is 0. The van der Waals surface area contributed by atoms with Crippen molar-refractivity contribution in [3.63, 3.8) is 0 Å². The van der Waals surface area contributed by atoms with Crippen LogP contribution in [0.4, 0.5) is 5.69 Å². The van der Waals surface area contributed by atoms with Gasteiger partial charge in [-0.3, -0.25) is 15.2 Å². The molecule has 4 nitrogen and oxygen atoms in total. The molecule has 0 aliphatic carbocycles. The standard InChI is InChI=1S/C13H13N3O/c1-9-13(2,3)12(17)15-16(9)11-6-4-5-10(7-11)8-14/h4-7H,1H2,2-3H3,(H,15,17). The fourth-order valence-electron chi connectivity index (χ4n) is 1.65. The van der Waals surface area contributed by atoms with Gasteiger partial charge < -0.3 is 0 Å². The van der Waals surface area contributed by atoms with Crippen LogP contribution < -0.4 is 10.4 Å². The van der Waals surface area contributed by atoms with E-state index in [0.717, 1.165) is 5.69 Å². The minimum atomic E-state index is -0.622. The van der Waals surface area contributed by atoms with Crippen molar-refractivity contribution in [2.45, 2.75) is 13.8 Å². The second-order valence-electron chi connectivity index (χ2n) is 4.51. The predicted octanol–water partition coefficient (Wildman–Crippen LogP) is 1.95. The molecule has 0 bridgehead atoms. The summed E-state index contributed by atoms with van der Waals surface area (Å²) in [5.74, 6) is -0.0927. The quantitative estimate of drug-likeness (QED) is 0.797. The minimum absolute atomic E-state index is 0.0927. The molecule has 0 saturated carbocycles. The van der Waals surface area contributed by atoms with E-state index in [0.29, 0.717) is 11.3 Å². The first kappa shape index (κ1) is 11.2. The third-order valence-electron chi connectivity index (χ3n) is 3.01. The number of hydrazine groups is 1. The summed E-state index contributed by atoms with van der Waals surface area (Å²) < 4.78 is 0. The molecule has 0 unspecified atom stereocenters. The minimum Gasteiger partial charge on any atom is -0.272 e. The number of nitriles is 1. The van der Waals surface area contributed by atoms with Crippen LogP contribution in [-0.2, 0) is 4.79 Å². The smallest absolute Gasteiger partial charge is 0.250 e. The molecular formula is C13H13N3O. The van der Waals surface area contributed by atoms with Crippen LogP contribution in [0.5, 0.6) is 0 Å². The zero-order valence-electron chi connectivity index (χ0n) is 9.82. The van der Waals surface area contributed by atoms with E-state index in [9.17, 15) is 4.79 Å². The predicted molar refractivity (Wildman–Crippen MR) is 64.7 cm³/mol. The van der Waals surface area contributed by atoms with Gasteiger partial charge in [0.15, 0.2) is 0 Å². The molecule has 0 aromatic heterocycles. The van der Waals surface area contributed by atoms with E-state index in [1.165, 1.54) is 0 Å². The van der Waals surface area contributed by atoms with E-state index >= 15 is 0 Å². The van der Waals surface area contributed by atoms with Crippen LogP contribution in [0.1, 0.15) is 19.4 Å². The summed E-state index contributed by atoms with van der Waals surface area (Å²) in [7, 11) is 0. The molecule has 1 aromatic carbocycles. The SMILES string of the molecule is C=C1N(c2cccc(C#N)c2)NC(=O)C1(C)C. The number of hydrogen-bond acceptors (Lipinski definition) is 3. The zero-order chi connectivity index (χ0) is 12.6. The topological polar surface area (TPSA) is 56.1 Å². The largest absolute Gasteiger partial charge is 0.272 e. The number of nitrogens with zero attached hydrogens (tertiary/aromatic N) is 2. The molecule has 0 radical (unpaired) electrons. The number of hydrogen-bond donors (Lipinski definition) is 1. The van der Waals surface area contributed by atoms with Crippen molar-refractivity contribution in [1.82, 2.24) is 5.43 Å². The van der Waals surface area contributed by atoms with Crippen LogP contribution in [-0.4, -0.2) is 5.91 Å². The van der Waals surface area contributed by atoms with Gasteiger partial charge in [-0.2, -0.15) is 5.26 Å². The maximum absolute atomic E-state index is 11.8. The first-order valence-corrected chi connectivity index (χ1v) is 5.27. The van der Waals surface area contributed by atoms with E-state index in [2.05, 4.69) is 18.1 Å². The zero-order valence-corrected chi connectivity index (χ0v) is 9.82. The van der Waals surface area contributed by atoms with E-state index in [1.807, 2.05) is 19.9 Å². The van der Waals surface area contributed by atoms with Crippen molar-refractivity contribution >= 4 is 11.6 Å². The third kappa shape index (κ3) is 1.66. The van der Waals surface area contributed by atoms with Crippen molar-refractivity contribution < 1.29 is 4.79 Å². The summed E-state index contributed by atoms with van der Waals surface area (Å²) in [5, 5.41) is 10.5. The van der Waals surface area contributed by atoms with Crippen molar-refractivity contribution in [3.05, 3.63) is 42.1 Å². The molecule has 1 fully saturated rings. The highest BCUT2D eigenvalue weighted by Crippen LogP contribution is 2.35. The Bertz CT molecular complexity index is 540. The average Bonchev–Trinajstić information content (AvgIpc) is 2.53. The van der Waals surface area contributed by atoms with Crippen molar-refractivity contribution in [2.24, 2.45) is 5.41 Å². The molecule has 1 heterocycles. The van der Waals surface area contributed by atoms with Crippen LogP contribution in [0.2, 0.25) is 0 Å². The second-order valence-corrected chi connectivity index (χ2v) is 4.51. The Morgan fingerprint density at radius 1 is 1.47 bits per heavy atom. The lowest BCUT2D eigenvalue weighted by molar-refractivity contribution is -0.125. The second kappa shape index (κ2) is 3.63. The summed E-state index contributed by atoms with van der Waals surface area (Å²) in [4.78, 5) is 11.8. The average molecular weight is 227 g/mol. The number of nitrogens with one attached hydrogen (secondary N) is 1. The lowest BCUT2D eigenvalue weighted by atomic mass is 9.90. The highest BCUT2D eigenvalue weighted by atomic mass is 16.2. The Labute approximate surface area is 100 Å². The Morgan fingerprint density at radius 2 is 2.18 bits per heavy atom. The van der Waals surface area contributed by atoms with Gasteiger partial charge in [0.05, 0.1) is 22.7 Å². The normalized spacial score (nSPS) is 17.8. The number of anilines is 1. The lowest BCUT2D eigenvalue weighted by Crippen LogP contribution is -2.32. The van der Waals surface area contributed by atoms with Crippen LogP contribution in [0, 0.1) is 16.7 Å². The van der Waals surface area contributed by atoms with Crippen LogP contribution in [0.3, 0.4) is 0 Å². The molecular weight excluding hydrogens is 214 g/mol. The first-order valence-electron chi connectivity index (χ1n) is 5.27. The first-order chi connectivity index (χ1) is 7.96. The fourth-order valence-corrected chi connectivity index (χ4v) is 1.65. The lowest BCUT2D eigenvalue weighted by Gasteiger charge is -2.21. The Kier molecular flexibility index (Phi) is 2.40. The highest BCUT2D eigenvalue weighted by molar-refractivity contribution is 5.92. The molecule has 17 heavy (non-hydrogen) atoms. The maximum Gasteiger partial charge on any atom is 0.250 e. The molecule has 2 rings (SSSR count). The van der Waals surface area contributed by atoms with Gasteiger partial charge >= 0.3 is 0 Å². The van der Waals surface area contributed by atoms with E-state index in [1.54, 1.807) is 23.2 Å². The molecule has 1 aromatic rings.